The number of hydrogen-bond donors (Lipinski definition) is 1. The third kappa shape index (κ3) is 1.67. The number of rotatable bonds is 0. The first kappa shape index (κ1) is 13.7. The van der Waals surface area contributed by atoms with Crippen molar-refractivity contribution in [3.05, 3.63) is 53.6 Å². The molecule has 4 aromatic rings. The molecule has 0 spiro atoms. The van der Waals surface area contributed by atoms with E-state index in [1.807, 2.05) is 18.2 Å². The van der Waals surface area contributed by atoms with Gasteiger partial charge in [-0.2, -0.15) is 0 Å². The summed E-state index contributed by atoms with van der Waals surface area (Å²) in [5, 5.41) is 17.0. The molecular formula is C18H13NaO. The minimum atomic E-state index is 0. The van der Waals surface area contributed by atoms with E-state index in [4.69, 9.17) is 0 Å². The molecule has 4 aromatic carbocycles. The predicted octanol–water partition coefficient (Wildman–Crippen LogP) is 1.71. The van der Waals surface area contributed by atoms with Gasteiger partial charge < -0.3 is 5.11 Å². The molecule has 0 aliphatic carbocycles. The molecule has 0 atom stereocenters. The van der Waals surface area contributed by atoms with E-state index in [1.54, 1.807) is 0 Å². The van der Waals surface area contributed by atoms with Crippen LogP contribution in [0.25, 0.3) is 32.3 Å². The Balaban J connectivity index is 0.00000121. The molecule has 0 radical (unpaired) electrons. The standard InChI is InChI=1S/C18H13O.Na/c1-10-6-7-14-16(19)9-12-4-3-5-13-11(2)8-15(10)18(14)17(12)13;/h3,5-9,19H,1-2H3;/q-1;+1. The second-order valence-electron chi connectivity index (χ2n) is 5.26. The van der Waals surface area contributed by atoms with Crippen LogP contribution in [0.5, 0.6) is 5.75 Å². The van der Waals surface area contributed by atoms with Crippen LogP contribution in [-0.2, 0) is 0 Å². The third-order valence-electron chi connectivity index (χ3n) is 4.08. The van der Waals surface area contributed by atoms with Crippen molar-refractivity contribution in [2.75, 3.05) is 0 Å². The van der Waals surface area contributed by atoms with Gasteiger partial charge in [0.05, 0.1) is 5.75 Å². The second-order valence-corrected chi connectivity index (χ2v) is 5.26. The number of aromatic hydroxyl groups is 1. The smallest absolute Gasteiger partial charge is 0.517 e. The van der Waals surface area contributed by atoms with Gasteiger partial charge >= 0.3 is 29.6 Å². The normalized spacial score (nSPS) is 11.3. The monoisotopic (exact) mass is 268 g/mol. The Morgan fingerprint density at radius 1 is 0.850 bits per heavy atom. The predicted molar refractivity (Wildman–Crippen MR) is 80.1 cm³/mol. The van der Waals surface area contributed by atoms with E-state index in [1.165, 1.54) is 27.3 Å². The number of hydrogen-bond acceptors (Lipinski definition) is 1. The van der Waals surface area contributed by atoms with Gasteiger partial charge in [0.1, 0.15) is 0 Å². The van der Waals surface area contributed by atoms with Crippen molar-refractivity contribution in [3.8, 4) is 5.75 Å². The summed E-state index contributed by atoms with van der Waals surface area (Å²) in [6, 6.07) is 15.4. The molecule has 1 N–H and O–H groups in total. The van der Waals surface area contributed by atoms with Gasteiger partial charge in [0.25, 0.3) is 0 Å². The van der Waals surface area contributed by atoms with E-state index in [-0.39, 0.29) is 29.6 Å². The summed E-state index contributed by atoms with van der Waals surface area (Å²) in [6.07, 6.45) is 0. The van der Waals surface area contributed by atoms with Crippen LogP contribution < -0.4 is 29.6 Å². The molecule has 0 saturated carbocycles. The summed E-state index contributed by atoms with van der Waals surface area (Å²) in [6.45, 7) is 4.26. The molecule has 4 rings (SSSR count). The van der Waals surface area contributed by atoms with Crippen LogP contribution in [0.3, 0.4) is 0 Å². The SMILES string of the molecule is Cc1cc2c(C)ccc3c(O)cc4[c-]ccc1c4c23.[Na+]. The van der Waals surface area contributed by atoms with E-state index >= 15 is 0 Å². The van der Waals surface area contributed by atoms with E-state index in [0.29, 0.717) is 5.75 Å². The molecule has 0 saturated heterocycles. The van der Waals surface area contributed by atoms with Crippen LogP contribution in [0, 0.1) is 19.9 Å². The number of phenolic OH excluding ortho intramolecular Hbond substituents is 1. The van der Waals surface area contributed by atoms with Crippen LogP contribution in [0.2, 0.25) is 0 Å². The fourth-order valence-electron chi connectivity index (χ4n) is 3.13. The average molecular weight is 268 g/mol. The van der Waals surface area contributed by atoms with E-state index < -0.39 is 0 Å². The number of aryl methyl sites for hydroxylation is 2. The Kier molecular flexibility index (Phi) is 3.17. The van der Waals surface area contributed by atoms with Gasteiger partial charge in [0.15, 0.2) is 0 Å². The zero-order valence-electron chi connectivity index (χ0n) is 11.9. The summed E-state index contributed by atoms with van der Waals surface area (Å²) in [4.78, 5) is 0. The van der Waals surface area contributed by atoms with Crippen LogP contribution in [0.15, 0.2) is 36.4 Å². The van der Waals surface area contributed by atoms with Crippen molar-refractivity contribution in [3.63, 3.8) is 0 Å². The first-order chi connectivity index (χ1) is 9.16. The van der Waals surface area contributed by atoms with Crippen LogP contribution in [0.1, 0.15) is 11.1 Å². The second kappa shape index (κ2) is 4.63. The first-order valence-electron chi connectivity index (χ1n) is 6.45. The zero-order chi connectivity index (χ0) is 13.1. The topological polar surface area (TPSA) is 20.2 Å². The first-order valence-corrected chi connectivity index (χ1v) is 6.45. The molecule has 1 nitrogen and oxygen atoms in total. The minimum absolute atomic E-state index is 0. The number of phenols is 1. The summed E-state index contributed by atoms with van der Waals surface area (Å²) >= 11 is 0. The van der Waals surface area contributed by atoms with Crippen LogP contribution in [-0.4, -0.2) is 5.11 Å². The van der Waals surface area contributed by atoms with E-state index in [9.17, 15) is 5.11 Å². The molecule has 2 heteroatoms. The fourth-order valence-corrected chi connectivity index (χ4v) is 3.13. The molecular weight excluding hydrogens is 255 g/mol. The van der Waals surface area contributed by atoms with Gasteiger partial charge in [0, 0.05) is 5.39 Å². The van der Waals surface area contributed by atoms with Gasteiger partial charge in [-0.1, -0.05) is 40.6 Å². The maximum atomic E-state index is 10.2. The molecule has 20 heavy (non-hydrogen) atoms. The Labute approximate surface area is 139 Å². The third-order valence-corrected chi connectivity index (χ3v) is 4.08. The van der Waals surface area contributed by atoms with Gasteiger partial charge in [-0.3, -0.25) is 0 Å². The number of benzene rings is 4. The van der Waals surface area contributed by atoms with Crippen LogP contribution in [0.4, 0.5) is 0 Å². The Morgan fingerprint density at radius 3 is 2.45 bits per heavy atom. The largest absolute Gasteiger partial charge is 1.00 e. The van der Waals surface area contributed by atoms with E-state index in [0.717, 1.165) is 16.2 Å². The molecule has 0 unspecified atom stereocenters. The molecule has 0 fully saturated rings. The molecule has 0 aromatic heterocycles. The quantitative estimate of drug-likeness (QED) is 0.292. The molecule has 0 amide bonds. The van der Waals surface area contributed by atoms with E-state index in [2.05, 4.69) is 38.1 Å². The molecule has 0 bridgehead atoms. The Morgan fingerprint density at radius 2 is 1.65 bits per heavy atom. The van der Waals surface area contributed by atoms with Gasteiger partial charge in [0.2, 0.25) is 0 Å². The Hall–Kier alpha value is -1.28. The fraction of sp³-hybridized carbons (Fsp3) is 0.111. The average Bonchev–Trinajstić information content (AvgIpc) is 2.40. The van der Waals surface area contributed by atoms with Crippen molar-refractivity contribution >= 4 is 32.3 Å². The Bertz CT molecular complexity index is 940. The summed E-state index contributed by atoms with van der Waals surface area (Å²) in [5.74, 6) is 0.338. The van der Waals surface area contributed by atoms with Gasteiger partial charge in [-0.05, 0) is 30.2 Å². The summed E-state index contributed by atoms with van der Waals surface area (Å²) in [7, 11) is 0. The molecule has 92 valence electrons. The van der Waals surface area contributed by atoms with Crippen molar-refractivity contribution < 1.29 is 34.7 Å². The maximum absolute atomic E-state index is 10.2. The molecule has 0 aliphatic rings. The summed E-state index contributed by atoms with van der Waals surface area (Å²) in [5.41, 5.74) is 2.51. The van der Waals surface area contributed by atoms with Crippen molar-refractivity contribution in [1.29, 1.82) is 0 Å². The zero-order valence-corrected chi connectivity index (χ0v) is 13.9. The van der Waals surface area contributed by atoms with Crippen molar-refractivity contribution in [2.24, 2.45) is 0 Å². The molecule has 0 aliphatic heterocycles. The van der Waals surface area contributed by atoms with Crippen LogP contribution >= 0.6 is 0 Å². The minimum Gasteiger partial charge on any atom is -0.517 e. The molecule has 0 heterocycles. The maximum Gasteiger partial charge on any atom is 1.00 e. The van der Waals surface area contributed by atoms with Crippen molar-refractivity contribution in [2.45, 2.75) is 13.8 Å². The summed E-state index contributed by atoms with van der Waals surface area (Å²) < 4.78 is 0. The van der Waals surface area contributed by atoms with Gasteiger partial charge in [-0.25, -0.2) is 0 Å². The van der Waals surface area contributed by atoms with Gasteiger partial charge in [-0.15, -0.1) is 23.6 Å². The van der Waals surface area contributed by atoms with Crippen molar-refractivity contribution in [1.82, 2.24) is 0 Å².